The van der Waals surface area contributed by atoms with Crippen LogP contribution >= 0.6 is 0 Å². The van der Waals surface area contributed by atoms with Crippen LogP contribution in [0.15, 0.2) is 12.1 Å². The first-order valence-corrected chi connectivity index (χ1v) is 8.68. The van der Waals surface area contributed by atoms with Crippen LogP contribution in [0.4, 0.5) is 0 Å². The van der Waals surface area contributed by atoms with E-state index < -0.39 is 0 Å². The lowest BCUT2D eigenvalue weighted by Gasteiger charge is -2.14. The molecule has 0 saturated carbocycles. The van der Waals surface area contributed by atoms with E-state index in [0.717, 1.165) is 36.5 Å². The van der Waals surface area contributed by atoms with Crippen LogP contribution in [0.2, 0.25) is 0 Å². The molecule has 5 heteroatoms. The molecule has 1 amide bonds. The van der Waals surface area contributed by atoms with Crippen molar-refractivity contribution >= 4 is 16.8 Å². The van der Waals surface area contributed by atoms with Gasteiger partial charge in [0.2, 0.25) is 5.91 Å². The highest BCUT2D eigenvalue weighted by Crippen LogP contribution is 2.28. The number of fused-ring (bicyclic) bond motifs is 1. The number of carbonyl (C=O) groups excluding carboxylic acids is 1. The third-order valence-electron chi connectivity index (χ3n) is 4.82. The molecule has 1 aromatic carbocycles. The Morgan fingerprint density at radius 3 is 2.92 bits per heavy atom. The predicted molar refractivity (Wildman–Crippen MR) is 96.4 cm³/mol. The number of ether oxygens (including phenoxy) is 1. The van der Waals surface area contributed by atoms with Crippen molar-refractivity contribution in [3.8, 4) is 0 Å². The molecule has 0 bridgehead atoms. The summed E-state index contributed by atoms with van der Waals surface area (Å²) in [5, 5.41) is 7.60. The van der Waals surface area contributed by atoms with Crippen LogP contribution < -0.4 is 10.6 Å². The van der Waals surface area contributed by atoms with Crippen molar-refractivity contribution in [1.29, 1.82) is 0 Å². The molecule has 24 heavy (non-hydrogen) atoms. The van der Waals surface area contributed by atoms with Gasteiger partial charge in [0.05, 0.1) is 19.6 Å². The molecule has 3 N–H and O–H groups in total. The van der Waals surface area contributed by atoms with Crippen LogP contribution in [-0.4, -0.2) is 43.7 Å². The fourth-order valence-electron chi connectivity index (χ4n) is 3.40. The van der Waals surface area contributed by atoms with Gasteiger partial charge in [-0.2, -0.15) is 0 Å². The molecule has 1 atom stereocenters. The fraction of sp³-hybridized carbons (Fsp3) is 0.526. The van der Waals surface area contributed by atoms with Crippen LogP contribution in [0.5, 0.6) is 0 Å². The summed E-state index contributed by atoms with van der Waals surface area (Å²) in [6.45, 7) is 10.1. The Balaban J connectivity index is 1.69. The molecule has 1 aliphatic heterocycles. The highest BCUT2D eigenvalue weighted by molar-refractivity contribution is 5.93. The Hall–Kier alpha value is -1.85. The molecule has 3 rings (SSSR count). The van der Waals surface area contributed by atoms with E-state index >= 15 is 0 Å². The number of hydrogen-bond donors (Lipinski definition) is 3. The van der Waals surface area contributed by atoms with E-state index in [1.54, 1.807) is 0 Å². The number of aryl methyl sites for hydroxylation is 3. The number of aromatic nitrogens is 1. The third-order valence-corrected chi connectivity index (χ3v) is 4.82. The van der Waals surface area contributed by atoms with E-state index in [2.05, 4.69) is 41.6 Å². The second-order valence-electron chi connectivity index (χ2n) is 6.80. The molecular formula is C19H27N3O2. The van der Waals surface area contributed by atoms with E-state index in [4.69, 9.17) is 4.74 Å². The van der Waals surface area contributed by atoms with E-state index in [1.165, 1.54) is 16.5 Å². The first-order chi connectivity index (χ1) is 11.6. The Kier molecular flexibility index (Phi) is 5.21. The van der Waals surface area contributed by atoms with Gasteiger partial charge in [-0.15, -0.1) is 0 Å². The monoisotopic (exact) mass is 329 g/mol. The molecule has 0 radical (unpaired) electrons. The first-order valence-electron chi connectivity index (χ1n) is 8.68. The molecule has 1 aliphatic rings. The smallest absolute Gasteiger partial charge is 0.224 e. The van der Waals surface area contributed by atoms with E-state index in [9.17, 15) is 4.79 Å². The topological polar surface area (TPSA) is 66.2 Å². The van der Waals surface area contributed by atoms with E-state index in [1.807, 2.05) is 6.92 Å². The second-order valence-corrected chi connectivity index (χ2v) is 6.80. The Bertz CT molecular complexity index is 728. The maximum atomic E-state index is 12.4. The summed E-state index contributed by atoms with van der Waals surface area (Å²) in [6.07, 6.45) is 0.414. The van der Waals surface area contributed by atoms with Gasteiger partial charge >= 0.3 is 0 Å². The second kappa shape index (κ2) is 7.36. The summed E-state index contributed by atoms with van der Waals surface area (Å²) < 4.78 is 5.53. The SMILES string of the molecule is Cc1[nH]c2c(C)ccc(C)c2c1CC(=O)NCC1CNCCOC1. The van der Waals surface area contributed by atoms with Gasteiger partial charge in [-0.3, -0.25) is 4.79 Å². The summed E-state index contributed by atoms with van der Waals surface area (Å²) in [5.41, 5.74) is 5.77. The van der Waals surface area contributed by atoms with Crippen LogP contribution in [0.1, 0.15) is 22.4 Å². The largest absolute Gasteiger partial charge is 0.380 e. The van der Waals surface area contributed by atoms with Crippen LogP contribution in [0.3, 0.4) is 0 Å². The van der Waals surface area contributed by atoms with Crippen molar-refractivity contribution in [2.75, 3.05) is 32.8 Å². The Morgan fingerprint density at radius 1 is 1.29 bits per heavy atom. The molecule has 0 aliphatic carbocycles. The first kappa shape index (κ1) is 17.0. The Morgan fingerprint density at radius 2 is 2.08 bits per heavy atom. The molecule has 1 fully saturated rings. The zero-order valence-electron chi connectivity index (χ0n) is 14.8. The lowest BCUT2D eigenvalue weighted by Crippen LogP contribution is -2.35. The number of nitrogens with one attached hydrogen (secondary N) is 3. The highest BCUT2D eigenvalue weighted by atomic mass is 16.5. The summed E-state index contributed by atoms with van der Waals surface area (Å²) in [7, 11) is 0. The third kappa shape index (κ3) is 3.62. The van der Waals surface area contributed by atoms with Gasteiger partial charge in [-0.1, -0.05) is 12.1 Å². The molecule has 2 aromatic rings. The predicted octanol–water partition coefficient (Wildman–Crippen LogP) is 1.99. The van der Waals surface area contributed by atoms with Crippen molar-refractivity contribution in [2.24, 2.45) is 5.92 Å². The van der Waals surface area contributed by atoms with E-state index in [-0.39, 0.29) is 5.91 Å². The van der Waals surface area contributed by atoms with Crippen molar-refractivity contribution in [2.45, 2.75) is 27.2 Å². The fourth-order valence-corrected chi connectivity index (χ4v) is 3.40. The number of hydrogen-bond acceptors (Lipinski definition) is 3. The lowest BCUT2D eigenvalue weighted by molar-refractivity contribution is -0.120. The quantitative estimate of drug-likeness (QED) is 0.804. The zero-order chi connectivity index (χ0) is 17.1. The number of carbonyl (C=O) groups is 1. The van der Waals surface area contributed by atoms with Crippen LogP contribution in [0, 0.1) is 26.7 Å². The van der Waals surface area contributed by atoms with Crippen LogP contribution in [-0.2, 0) is 16.0 Å². The van der Waals surface area contributed by atoms with Gasteiger partial charge in [0, 0.05) is 42.1 Å². The molecule has 1 unspecified atom stereocenters. The average Bonchev–Trinajstić information content (AvgIpc) is 2.75. The number of amides is 1. The molecule has 130 valence electrons. The molecule has 0 spiro atoms. The van der Waals surface area contributed by atoms with Crippen molar-refractivity contribution in [1.82, 2.24) is 15.6 Å². The molecule has 1 saturated heterocycles. The number of H-pyrrole nitrogens is 1. The van der Waals surface area contributed by atoms with Crippen molar-refractivity contribution < 1.29 is 9.53 Å². The average molecular weight is 329 g/mol. The minimum Gasteiger partial charge on any atom is -0.380 e. The van der Waals surface area contributed by atoms with E-state index in [0.29, 0.717) is 25.5 Å². The molecular weight excluding hydrogens is 302 g/mol. The zero-order valence-corrected chi connectivity index (χ0v) is 14.8. The summed E-state index contributed by atoms with van der Waals surface area (Å²) in [4.78, 5) is 15.9. The minimum absolute atomic E-state index is 0.0733. The normalized spacial score (nSPS) is 18.5. The maximum absolute atomic E-state index is 12.4. The summed E-state index contributed by atoms with van der Waals surface area (Å²) >= 11 is 0. The van der Waals surface area contributed by atoms with Gasteiger partial charge in [-0.25, -0.2) is 0 Å². The minimum atomic E-state index is 0.0733. The van der Waals surface area contributed by atoms with Gasteiger partial charge in [0.25, 0.3) is 0 Å². The maximum Gasteiger partial charge on any atom is 0.224 e. The van der Waals surface area contributed by atoms with Crippen molar-refractivity contribution in [3.63, 3.8) is 0 Å². The van der Waals surface area contributed by atoms with Crippen LogP contribution in [0.25, 0.3) is 10.9 Å². The molecule has 2 heterocycles. The standard InChI is InChI=1S/C19H27N3O2/c1-12-4-5-13(2)19-18(12)16(14(3)22-19)8-17(23)21-10-15-9-20-6-7-24-11-15/h4-5,15,20,22H,6-11H2,1-3H3,(H,21,23). The van der Waals surface area contributed by atoms with Gasteiger partial charge in [0.15, 0.2) is 0 Å². The summed E-state index contributed by atoms with van der Waals surface area (Å²) in [5.74, 6) is 0.411. The van der Waals surface area contributed by atoms with Gasteiger partial charge in [-0.05, 0) is 37.5 Å². The molecule has 5 nitrogen and oxygen atoms in total. The van der Waals surface area contributed by atoms with Gasteiger partial charge < -0.3 is 20.4 Å². The number of aromatic amines is 1. The Labute approximate surface area is 143 Å². The lowest BCUT2D eigenvalue weighted by atomic mass is 10.0. The summed E-state index contributed by atoms with van der Waals surface area (Å²) in [6, 6.07) is 4.25. The van der Waals surface area contributed by atoms with Crippen molar-refractivity contribution in [3.05, 3.63) is 34.5 Å². The van der Waals surface area contributed by atoms with Gasteiger partial charge in [0.1, 0.15) is 0 Å². The number of benzene rings is 1. The number of rotatable bonds is 4. The molecule has 1 aromatic heterocycles. The highest BCUT2D eigenvalue weighted by Gasteiger charge is 2.17.